The highest BCUT2D eigenvalue weighted by Gasteiger charge is 2.14. The normalized spacial score (nSPS) is 11.2. The minimum atomic E-state index is -3.84. The van der Waals surface area contributed by atoms with Gasteiger partial charge in [-0.3, -0.25) is 9.52 Å². The summed E-state index contributed by atoms with van der Waals surface area (Å²) in [5, 5.41) is 8.37. The van der Waals surface area contributed by atoms with Crippen LogP contribution in [0.1, 0.15) is 12.0 Å². The van der Waals surface area contributed by atoms with E-state index in [0.29, 0.717) is 5.56 Å². The van der Waals surface area contributed by atoms with E-state index in [4.69, 9.17) is 5.11 Å². The number of carboxylic acids is 1. The quantitative estimate of drug-likeness (QED) is 0.838. The van der Waals surface area contributed by atoms with Crippen LogP contribution in [-0.4, -0.2) is 25.2 Å². The summed E-state index contributed by atoms with van der Waals surface area (Å²) >= 11 is 0. The molecule has 0 bridgehead atoms. The third-order valence-electron chi connectivity index (χ3n) is 1.97. The molecule has 0 heterocycles. The monoisotopic (exact) mass is 261 g/mol. The van der Waals surface area contributed by atoms with Crippen molar-refractivity contribution in [2.24, 2.45) is 0 Å². The Bertz CT molecular complexity index is 527. The average Bonchev–Trinajstić information content (AvgIpc) is 2.20. The van der Waals surface area contributed by atoms with Gasteiger partial charge in [0.25, 0.3) is 0 Å². The van der Waals surface area contributed by atoms with Crippen molar-refractivity contribution in [1.82, 2.24) is 0 Å². The lowest BCUT2D eigenvalue weighted by Crippen LogP contribution is -2.19. The molecule has 1 aromatic rings. The number of carboxylic acid groups (broad SMARTS) is 1. The molecule has 0 atom stereocenters. The first-order valence-corrected chi connectivity index (χ1v) is 6.44. The number of nitrogens with one attached hydrogen (secondary N) is 1. The molecule has 1 rings (SSSR count). The van der Waals surface area contributed by atoms with E-state index < -0.39 is 34.0 Å². The van der Waals surface area contributed by atoms with Gasteiger partial charge in [-0.25, -0.2) is 12.8 Å². The summed E-state index contributed by atoms with van der Waals surface area (Å²) in [4.78, 5) is 10.2. The molecule has 0 saturated heterocycles. The van der Waals surface area contributed by atoms with Crippen LogP contribution >= 0.6 is 0 Å². The van der Waals surface area contributed by atoms with Crippen molar-refractivity contribution in [3.8, 4) is 0 Å². The van der Waals surface area contributed by atoms with E-state index in [-0.39, 0.29) is 5.69 Å². The Balaban J connectivity index is 2.79. The molecule has 0 aromatic heterocycles. The smallest absolute Gasteiger partial charge is 0.304 e. The van der Waals surface area contributed by atoms with E-state index >= 15 is 0 Å². The minimum Gasteiger partial charge on any atom is -0.481 e. The van der Waals surface area contributed by atoms with Crippen molar-refractivity contribution >= 4 is 21.7 Å². The Morgan fingerprint density at radius 2 is 2.12 bits per heavy atom. The molecule has 17 heavy (non-hydrogen) atoms. The number of aliphatic carboxylic acids is 1. The first kappa shape index (κ1) is 13.4. The number of rotatable bonds is 5. The van der Waals surface area contributed by atoms with Crippen LogP contribution in [0, 0.1) is 12.7 Å². The van der Waals surface area contributed by atoms with E-state index in [1.165, 1.54) is 12.1 Å². The summed E-state index contributed by atoms with van der Waals surface area (Å²) in [5.41, 5.74) is 0.483. The van der Waals surface area contributed by atoms with Crippen LogP contribution in [0.25, 0.3) is 0 Å². The maximum atomic E-state index is 13.3. The number of hydrogen-bond acceptors (Lipinski definition) is 3. The number of aryl methyl sites for hydroxylation is 1. The zero-order chi connectivity index (χ0) is 13.1. The van der Waals surface area contributed by atoms with Gasteiger partial charge in [-0.2, -0.15) is 0 Å². The van der Waals surface area contributed by atoms with Crippen LogP contribution in [0.5, 0.6) is 0 Å². The SMILES string of the molecule is Cc1ccc(NS(=O)(=O)CCC(=O)O)c(F)c1. The number of hydrogen-bond donors (Lipinski definition) is 2. The summed E-state index contributed by atoms with van der Waals surface area (Å²) in [7, 11) is -3.84. The van der Waals surface area contributed by atoms with E-state index in [0.717, 1.165) is 0 Å². The van der Waals surface area contributed by atoms with Crippen LogP contribution in [0.3, 0.4) is 0 Å². The zero-order valence-electron chi connectivity index (χ0n) is 9.10. The maximum Gasteiger partial charge on any atom is 0.304 e. The number of halogens is 1. The summed E-state index contributed by atoms with van der Waals surface area (Å²) in [6.45, 7) is 1.67. The summed E-state index contributed by atoms with van der Waals surface area (Å²) in [5.74, 6) is -2.50. The fourth-order valence-electron chi connectivity index (χ4n) is 1.14. The Kier molecular flexibility index (Phi) is 4.06. The van der Waals surface area contributed by atoms with E-state index in [2.05, 4.69) is 0 Å². The van der Waals surface area contributed by atoms with Crippen molar-refractivity contribution in [2.45, 2.75) is 13.3 Å². The van der Waals surface area contributed by atoms with Gasteiger partial charge in [0.2, 0.25) is 10.0 Å². The molecule has 0 aliphatic rings. The average molecular weight is 261 g/mol. The molecule has 0 fully saturated rings. The Morgan fingerprint density at radius 3 is 2.65 bits per heavy atom. The van der Waals surface area contributed by atoms with Crippen LogP contribution in [0.2, 0.25) is 0 Å². The Morgan fingerprint density at radius 1 is 1.47 bits per heavy atom. The van der Waals surface area contributed by atoms with Crippen LogP contribution in [0.4, 0.5) is 10.1 Å². The number of sulfonamides is 1. The summed E-state index contributed by atoms with van der Waals surface area (Å²) in [6.07, 6.45) is -0.525. The number of carbonyl (C=O) groups is 1. The van der Waals surface area contributed by atoms with E-state index in [1.807, 2.05) is 4.72 Å². The third-order valence-corrected chi connectivity index (χ3v) is 3.25. The Hall–Kier alpha value is -1.63. The van der Waals surface area contributed by atoms with Crippen molar-refractivity contribution < 1.29 is 22.7 Å². The molecule has 7 heteroatoms. The van der Waals surface area contributed by atoms with Gasteiger partial charge in [0.1, 0.15) is 5.82 Å². The van der Waals surface area contributed by atoms with Crippen molar-refractivity contribution in [2.75, 3.05) is 10.5 Å². The second-order valence-electron chi connectivity index (χ2n) is 3.55. The van der Waals surface area contributed by atoms with Gasteiger partial charge in [0.15, 0.2) is 0 Å². The lowest BCUT2D eigenvalue weighted by Gasteiger charge is -2.08. The predicted octanol–water partition coefficient (Wildman–Crippen LogP) is 1.35. The zero-order valence-corrected chi connectivity index (χ0v) is 9.92. The van der Waals surface area contributed by atoms with Gasteiger partial charge in [0, 0.05) is 0 Å². The molecule has 0 unspecified atom stereocenters. The fraction of sp³-hybridized carbons (Fsp3) is 0.300. The Labute approximate surface area is 98.3 Å². The molecule has 0 spiro atoms. The largest absolute Gasteiger partial charge is 0.481 e. The second-order valence-corrected chi connectivity index (χ2v) is 5.39. The van der Waals surface area contributed by atoms with E-state index in [1.54, 1.807) is 13.0 Å². The van der Waals surface area contributed by atoms with Gasteiger partial charge in [-0.05, 0) is 24.6 Å². The first-order chi connectivity index (χ1) is 7.80. The van der Waals surface area contributed by atoms with Crippen molar-refractivity contribution in [3.63, 3.8) is 0 Å². The first-order valence-electron chi connectivity index (χ1n) is 4.78. The van der Waals surface area contributed by atoms with Crippen molar-refractivity contribution in [3.05, 3.63) is 29.6 Å². The number of anilines is 1. The molecule has 94 valence electrons. The molecule has 0 radical (unpaired) electrons. The van der Waals surface area contributed by atoms with Gasteiger partial charge in [-0.15, -0.1) is 0 Å². The predicted molar refractivity (Wildman–Crippen MR) is 60.8 cm³/mol. The fourth-order valence-corrected chi connectivity index (χ4v) is 2.19. The molecule has 0 aliphatic heterocycles. The molecule has 0 aliphatic carbocycles. The van der Waals surface area contributed by atoms with Gasteiger partial charge < -0.3 is 5.11 Å². The molecule has 0 amide bonds. The lowest BCUT2D eigenvalue weighted by molar-refractivity contribution is -0.136. The second kappa shape index (κ2) is 5.13. The van der Waals surface area contributed by atoms with Crippen LogP contribution < -0.4 is 4.72 Å². The molecule has 5 nitrogen and oxygen atoms in total. The third kappa shape index (κ3) is 4.39. The molecule has 0 saturated carbocycles. The summed E-state index contributed by atoms with van der Waals surface area (Å²) in [6, 6.07) is 4.04. The standard InChI is InChI=1S/C10H12FNO4S/c1-7-2-3-9(8(11)6-7)12-17(15,16)5-4-10(13)14/h2-3,6,12H,4-5H2,1H3,(H,13,14). The van der Waals surface area contributed by atoms with Crippen LogP contribution in [0.15, 0.2) is 18.2 Å². The lowest BCUT2D eigenvalue weighted by atomic mass is 10.2. The van der Waals surface area contributed by atoms with Gasteiger partial charge in [0.05, 0.1) is 17.9 Å². The minimum absolute atomic E-state index is 0.180. The number of benzene rings is 1. The molecular weight excluding hydrogens is 249 g/mol. The maximum absolute atomic E-state index is 13.3. The molecular formula is C10H12FNO4S. The van der Waals surface area contributed by atoms with Gasteiger partial charge >= 0.3 is 5.97 Å². The molecule has 2 N–H and O–H groups in total. The topological polar surface area (TPSA) is 83.5 Å². The highest BCUT2D eigenvalue weighted by atomic mass is 32.2. The summed E-state index contributed by atoms with van der Waals surface area (Å²) < 4.78 is 38.1. The van der Waals surface area contributed by atoms with Crippen molar-refractivity contribution in [1.29, 1.82) is 0 Å². The van der Waals surface area contributed by atoms with E-state index in [9.17, 15) is 17.6 Å². The highest BCUT2D eigenvalue weighted by molar-refractivity contribution is 7.92. The molecule has 1 aromatic carbocycles. The van der Waals surface area contributed by atoms with Crippen LogP contribution in [-0.2, 0) is 14.8 Å². The highest BCUT2D eigenvalue weighted by Crippen LogP contribution is 2.16. The van der Waals surface area contributed by atoms with Gasteiger partial charge in [-0.1, -0.05) is 6.07 Å².